The lowest BCUT2D eigenvalue weighted by Crippen LogP contribution is -2.32. The average molecular weight is 425 g/mol. The molecular formula is C27H36O4. The van der Waals surface area contributed by atoms with Gasteiger partial charge in [-0.05, 0) is 43.7 Å². The second kappa shape index (κ2) is 11.8. The third kappa shape index (κ3) is 7.03. The molecule has 0 spiro atoms. The lowest BCUT2D eigenvalue weighted by Gasteiger charge is -2.28. The standard InChI is InChI=1S/C27H36O4/c1-26(21-28,22-13-5-3-6-14-22)19-11-9-17-24(29)18-10-12-20-27(2,25(30)31)23-15-7-4-8-16-23/h3-8,13-16,28H,9-12,17-21H2,1-2H3,(H,30,31). The molecule has 0 aliphatic heterocycles. The number of carbonyl (C=O) groups excluding carboxylic acids is 1. The molecule has 4 heteroatoms. The van der Waals surface area contributed by atoms with Crippen molar-refractivity contribution in [3.05, 3.63) is 71.8 Å². The molecule has 4 nitrogen and oxygen atoms in total. The molecule has 0 fully saturated rings. The Balaban J connectivity index is 1.71. The van der Waals surface area contributed by atoms with Gasteiger partial charge in [0.1, 0.15) is 5.78 Å². The quantitative estimate of drug-likeness (QED) is 0.383. The van der Waals surface area contributed by atoms with Crippen LogP contribution in [-0.2, 0) is 20.4 Å². The fourth-order valence-electron chi connectivity index (χ4n) is 4.10. The van der Waals surface area contributed by atoms with Crippen LogP contribution in [0.2, 0.25) is 0 Å². The van der Waals surface area contributed by atoms with Gasteiger partial charge in [0, 0.05) is 18.3 Å². The smallest absolute Gasteiger partial charge is 0.313 e. The minimum Gasteiger partial charge on any atom is -0.481 e. The molecule has 0 amide bonds. The van der Waals surface area contributed by atoms with Gasteiger partial charge in [0.05, 0.1) is 12.0 Å². The second-order valence-corrected chi connectivity index (χ2v) is 9.04. The molecule has 2 rings (SSSR count). The summed E-state index contributed by atoms with van der Waals surface area (Å²) in [5.41, 5.74) is 0.738. The molecule has 0 heterocycles. The third-order valence-corrected chi connectivity index (χ3v) is 6.52. The highest BCUT2D eigenvalue weighted by atomic mass is 16.4. The van der Waals surface area contributed by atoms with Crippen LogP contribution >= 0.6 is 0 Å². The van der Waals surface area contributed by atoms with Crippen LogP contribution in [-0.4, -0.2) is 28.6 Å². The number of unbranched alkanes of at least 4 members (excludes halogenated alkanes) is 2. The topological polar surface area (TPSA) is 74.6 Å². The van der Waals surface area contributed by atoms with Crippen LogP contribution in [0.1, 0.15) is 76.3 Å². The Morgan fingerprint density at radius 1 is 0.742 bits per heavy atom. The molecule has 0 aromatic heterocycles. The van der Waals surface area contributed by atoms with Crippen LogP contribution in [0.25, 0.3) is 0 Å². The predicted octanol–water partition coefficient (Wildman–Crippen LogP) is 5.67. The Morgan fingerprint density at radius 3 is 1.71 bits per heavy atom. The normalized spacial score (nSPS) is 15.1. The van der Waals surface area contributed by atoms with Gasteiger partial charge < -0.3 is 10.2 Å². The zero-order valence-corrected chi connectivity index (χ0v) is 18.8. The van der Waals surface area contributed by atoms with E-state index in [0.717, 1.165) is 30.4 Å². The number of rotatable bonds is 14. The zero-order chi connectivity index (χ0) is 22.7. The van der Waals surface area contributed by atoms with E-state index >= 15 is 0 Å². The maximum Gasteiger partial charge on any atom is 0.313 e. The van der Waals surface area contributed by atoms with E-state index in [2.05, 4.69) is 6.92 Å². The molecule has 0 saturated heterocycles. The lowest BCUT2D eigenvalue weighted by molar-refractivity contribution is -0.143. The van der Waals surface area contributed by atoms with Crippen molar-refractivity contribution in [2.24, 2.45) is 0 Å². The summed E-state index contributed by atoms with van der Waals surface area (Å²) in [7, 11) is 0. The molecular weight excluding hydrogens is 388 g/mol. The average Bonchev–Trinajstić information content (AvgIpc) is 2.80. The summed E-state index contributed by atoms with van der Waals surface area (Å²) in [5.74, 6) is -0.586. The fraction of sp³-hybridized carbons (Fsp3) is 0.481. The molecule has 0 aliphatic rings. The summed E-state index contributed by atoms with van der Waals surface area (Å²) < 4.78 is 0. The molecule has 168 valence electrons. The van der Waals surface area contributed by atoms with E-state index in [-0.39, 0.29) is 17.8 Å². The number of hydrogen-bond donors (Lipinski definition) is 2. The number of ketones is 1. The first kappa shape index (κ1) is 24.8. The van der Waals surface area contributed by atoms with Crippen molar-refractivity contribution in [3.63, 3.8) is 0 Å². The summed E-state index contributed by atoms with van der Waals surface area (Å²) in [6.07, 6.45) is 5.54. The summed E-state index contributed by atoms with van der Waals surface area (Å²) in [6, 6.07) is 19.3. The molecule has 0 radical (unpaired) electrons. The van der Waals surface area contributed by atoms with Crippen molar-refractivity contribution in [2.45, 2.75) is 76.0 Å². The molecule has 2 atom stereocenters. The Morgan fingerprint density at radius 2 is 1.23 bits per heavy atom. The predicted molar refractivity (Wildman–Crippen MR) is 124 cm³/mol. The molecule has 0 saturated carbocycles. The van der Waals surface area contributed by atoms with Crippen LogP contribution in [0.4, 0.5) is 0 Å². The maximum absolute atomic E-state index is 12.3. The molecule has 2 N–H and O–H groups in total. The van der Waals surface area contributed by atoms with E-state index in [9.17, 15) is 19.8 Å². The van der Waals surface area contributed by atoms with Gasteiger partial charge in [-0.15, -0.1) is 0 Å². The SMILES string of the molecule is CC(CO)(CCCCC(=O)CCCCC(C)(C(=O)O)c1ccccc1)c1ccccc1. The van der Waals surface area contributed by atoms with Gasteiger partial charge in [0.25, 0.3) is 0 Å². The molecule has 2 unspecified atom stereocenters. The Hall–Kier alpha value is -2.46. The number of aliphatic carboxylic acids is 1. The van der Waals surface area contributed by atoms with Gasteiger partial charge in [-0.3, -0.25) is 9.59 Å². The summed E-state index contributed by atoms with van der Waals surface area (Å²) >= 11 is 0. The minimum absolute atomic E-state index is 0.0920. The van der Waals surface area contributed by atoms with Crippen molar-refractivity contribution in [3.8, 4) is 0 Å². The molecule has 2 aromatic rings. The van der Waals surface area contributed by atoms with Gasteiger partial charge in [-0.1, -0.05) is 80.4 Å². The van der Waals surface area contributed by atoms with Gasteiger partial charge >= 0.3 is 5.97 Å². The lowest BCUT2D eigenvalue weighted by atomic mass is 9.78. The number of carboxylic acid groups (broad SMARTS) is 1. The first-order valence-corrected chi connectivity index (χ1v) is 11.3. The van der Waals surface area contributed by atoms with Crippen molar-refractivity contribution in [1.82, 2.24) is 0 Å². The molecule has 0 bridgehead atoms. The highest BCUT2D eigenvalue weighted by Gasteiger charge is 2.34. The van der Waals surface area contributed by atoms with Gasteiger partial charge in [0.15, 0.2) is 0 Å². The maximum atomic E-state index is 12.3. The number of Topliss-reactive ketones (excluding diaryl/α,β-unsaturated/α-hetero) is 1. The first-order chi connectivity index (χ1) is 14.8. The van der Waals surface area contributed by atoms with Crippen LogP contribution in [0.5, 0.6) is 0 Å². The third-order valence-electron chi connectivity index (χ3n) is 6.52. The minimum atomic E-state index is -0.920. The van der Waals surface area contributed by atoms with Crippen LogP contribution in [0, 0.1) is 0 Å². The molecule has 31 heavy (non-hydrogen) atoms. The number of aliphatic hydroxyl groups excluding tert-OH is 1. The summed E-state index contributed by atoms with van der Waals surface area (Å²) in [4.78, 5) is 24.1. The van der Waals surface area contributed by atoms with Gasteiger partial charge in [-0.2, -0.15) is 0 Å². The van der Waals surface area contributed by atoms with Gasteiger partial charge in [0.2, 0.25) is 0 Å². The summed E-state index contributed by atoms with van der Waals surface area (Å²) in [6.45, 7) is 3.92. The fourth-order valence-corrected chi connectivity index (χ4v) is 4.10. The van der Waals surface area contributed by atoms with E-state index < -0.39 is 11.4 Å². The Bertz CT molecular complexity index is 818. The number of carboxylic acids is 1. The zero-order valence-electron chi connectivity index (χ0n) is 18.8. The number of benzene rings is 2. The monoisotopic (exact) mass is 424 g/mol. The van der Waals surface area contributed by atoms with E-state index in [4.69, 9.17) is 0 Å². The number of aliphatic hydroxyl groups is 1. The van der Waals surface area contributed by atoms with Gasteiger partial charge in [-0.25, -0.2) is 0 Å². The van der Waals surface area contributed by atoms with Crippen molar-refractivity contribution in [1.29, 1.82) is 0 Å². The van der Waals surface area contributed by atoms with Crippen LogP contribution in [0.3, 0.4) is 0 Å². The van der Waals surface area contributed by atoms with Crippen molar-refractivity contribution in [2.75, 3.05) is 6.61 Å². The van der Waals surface area contributed by atoms with E-state index in [1.54, 1.807) is 6.92 Å². The summed E-state index contributed by atoms with van der Waals surface area (Å²) in [5, 5.41) is 19.6. The van der Waals surface area contributed by atoms with E-state index in [0.29, 0.717) is 32.1 Å². The largest absolute Gasteiger partial charge is 0.481 e. The molecule has 2 aromatic carbocycles. The molecule has 0 aliphatic carbocycles. The van der Waals surface area contributed by atoms with Crippen LogP contribution < -0.4 is 0 Å². The van der Waals surface area contributed by atoms with E-state index in [1.165, 1.54) is 0 Å². The Kier molecular flexibility index (Phi) is 9.44. The van der Waals surface area contributed by atoms with Crippen molar-refractivity contribution < 1.29 is 19.8 Å². The second-order valence-electron chi connectivity index (χ2n) is 9.04. The number of carbonyl (C=O) groups is 2. The highest BCUT2D eigenvalue weighted by molar-refractivity contribution is 5.81. The van der Waals surface area contributed by atoms with Crippen LogP contribution in [0.15, 0.2) is 60.7 Å². The van der Waals surface area contributed by atoms with E-state index in [1.807, 2.05) is 60.7 Å². The van der Waals surface area contributed by atoms with Crippen molar-refractivity contribution >= 4 is 11.8 Å². The highest BCUT2D eigenvalue weighted by Crippen LogP contribution is 2.31. The Labute approximate surface area is 186 Å². The first-order valence-electron chi connectivity index (χ1n) is 11.3. The number of hydrogen-bond acceptors (Lipinski definition) is 3.